The first-order valence-electron chi connectivity index (χ1n) is 8.58. The van der Waals surface area contributed by atoms with Crippen LogP contribution >= 0.6 is 24.0 Å². The van der Waals surface area contributed by atoms with Crippen molar-refractivity contribution in [1.29, 1.82) is 0 Å². The van der Waals surface area contributed by atoms with Gasteiger partial charge in [-0.1, -0.05) is 36.7 Å². The third-order valence-corrected chi connectivity index (χ3v) is 5.39. The largest absolute Gasteiger partial charge is 0.378 e. The molecule has 0 saturated carbocycles. The summed E-state index contributed by atoms with van der Waals surface area (Å²) in [4.78, 5) is 2.63. The molecule has 3 rings (SSSR count). The van der Waals surface area contributed by atoms with Gasteiger partial charge in [-0.2, -0.15) is 0 Å². The third kappa shape index (κ3) is 4.83. The number of halogens is 2. The number of hydrogen-bond donors (Lipinski definition) is 1. The van der Waals surface area contributed by atoms with Crippen molar-refractivity contribution >= 4 is 24.0 Å². The van der Waals surface area contributed by atoms with Crippen molar-refractivity contribution in [1.82, 2.24) is 10.2 Å². The van der Waals surface area contributed by atoms with Crippen molar-refractivity contribution in [3.8, 4) is 0 Å². The van der Waals surface area contributed by atoms with Gasteiger partial charge in [-0.15, -0.1) is 12.4 Å². The predicted octanol–water partition coefficient (Wildman–Crippen LogP) is 3.91. The molecule has 2 heterocycles. The van der Waals surface area contributed by atoms with Gasteiger partial charge in [0.2, 0.25) is 0 Å². The molecule has 0 spiro atoms. The Morgan fingerprint density at radius 1 is 1.35 bits per heavy atom. The molecule has 5 heteroatoms. The maximum Gasteiger partial charge on any atom is 0.0575 e. The molecule has 2 aliphatic rings. The monoisotopic (exact) mass is 358 g/mol. The predicted molar refractivity (Wildman–Crippen MR) is 98.6 cm³/mol. The van der Waals surface area contributed by atoms with Crippen LogP contribution in [0.15, 0.2) is 24.3 Å². The minimum atomic E-state index is 0. The SMILES string of the molecule is CCC1CC(CN2CCNCC2c2ccccc2Cl)CCO1.Cl. The molecule has 2 saturated heterocycles. The molecule has 2 aliphatic heterocycles. The lowest BCUT2D eigenvalue weighted by molar-refractivity contribution is -0.0223. The molecule has 0 aliphatic carbocycles. The molecule has 0 aromatic heterocycles. The van der Waals surface area contributed by atoms with Crippen LogP contribution in [0.25, 0.3) is 0 Å². The fourth-order valence-electron chi connectivity index (χ4n) is 3.76. The summed E-state index contributed by atoms with van der Waals surface area (Å²) in [6.07, 6.45) is 3.98. The van der Waals surface area contributed by atoms with Gasteiger partial charge in [0, 0.05) is 43.9 Å². The van der Waals surface area contributed by atoms with E-state index in [0.717, 1.165) is 50.1 Å². The van der Waals surface area contributed by atoms with Gasteiger partial charge >= 0.3 is 0 Å². The van der Waals surface area contributed by atoms with Crippen LogP contribution in [0.2, 0.25) is 5.02 Å². The highest BCUT2D eigenvalue weighted by molar-refractivity contribution is 6.31. The Bertz CT molecular complexity index is 486. The zero-order valence-electron chi connectivity index (χ0n) is 13.8. The minimum Gasteiger partial charge on any atom is -0.378 e. The summed E-state index contributed by atoms with van der Waals surface area (Å²) in [6.45, 7) is 7.48. The number of ether oxygens (including phenoxy) is 1. The number of nitrogens with zero attached hydrogens (tertiary/aromatic N) is 1. The van der Waals surface area contributed by atoms with E-state index in [9.17, 15) is 0 Å². The van der Waals surface area contributed by atoms with E-state index in [-0.39, 0.29) is 12.4 Å². The summed E-state index contributed by atoms with van der Waals surface area (Å²) in [7, 11) is 0. The summed E-state index contributed by atoms with van der Waals surface area (Å²) in [5.41, 5.74) is 1.26. The zero-order valence-corrected chi connectivity index (χ0v) is 15.4. The molecule has 3 atom stereocenters. The lowest BCUT2D eigenvalue weighted by Crippen LogP contribution is -2.48. The maximum absolute atomic E-state index is 6.44. The second kappa shape index (κ2) is 9.24. The van der Waals surface area contributed by atoms with Crippen LogP contribution in [0.1, 0.15) is 37.8 Å². The molecule has 23 heavy (non-hydrogen) atoms. The lowest BCUT2D eigenvalue weighted by atomic mass is 9.92. The molecule has 3 nitrogen and oxygen atoms in total. The van der Waals surface area contributed by atoms with E-state index in [0.29, 0.717) is 12.1 Å². The van der Waals surface area contributed by atoms with Crippen LogP contribution in [-0.2, 0) is 4.74 Å². The highest BCUT2D eigenvalue weighted by Crippen LogP contribution is 2.31. The van der Waals surface area contributed by atoms with Gasteiger partial charge in [0.05, 0.1) is 6.10 Å². The van der Waals surface area contributed by atoms with E-state index in [1.54, 1.807) is 0 Å². The highest BCUT2D eigenvalue weighted by Gasteiger charge is 2.29. The van der Waals surface area contributed by atoms with Gasteiger partial charge in [-0.05, 0) is 36.8 Å². The van der Waals surface area contributed by atoms with Gasteiger partial charge in [0.25, 0.3) is 0 Å². The summed E-state index contributed by atoms with van der Waals surface area (Å²) in [5, 5.41) is 4.41. The summed E-state index contributed by atoms with van der Waals surface area (Å²) >= 11 is 6.44. The third-order valence-electron chi connectivity index (χ3n) is 5.04. The Balaban J connectivity index is 0.00000192. The number of hydrogen-bond acceptors (Lipinski definition) is 3. The maximum atomic E-state index is 6.44. The Labute approximate surface area is 151 Å². The van der Waals surface area contributed by atoms with Crippen LogP contribution in [0.5, 0.6) is 0 Å². The Morgan fingerprint density at radius 3 is 2.96 bits per heavy atom. The summed E-state index contributed by atoms with van der Waals surface area (Å²) in [6, 6.07) is 8.67. The molecule has 2 fully saturated rings. The number of nitrogens with one attached hydrogen (secondary N) is 1. The van der Waals surface area contributed by atoms with E-state index in [1.807, 2.05) is 12.1 Å². The first-order chi connectivity index (χ1) is 10.8. The molecule has 1 aromatic carbocycles. The number of benzene rings is 1. The number of rotatable bonds is 4. The lowest BCUT2D eigenvalue weighted by Gasteiger charge is -2.40. The fourth-order valence-corrected chi connectivity index (χ4v) is 4.02. The van der Waals surface area contributed by atoms with E-state index >= 15 is 0 Å². The van der Waals surface area contributed by atoms with Crippen molar-refractivity contribution in [2.45, 2.75) is 38.3 Å². The van der Waals surface area contributed by atoms with Crippen LogP contribution in [0, 0.1) is 5.92 Å². The first kappa shape index (κ1) is 19.0. The van der Waals surface area contributed by atoms with Crippen molar-refractivity contribution < 1.29 is 4.74 Å². The summed E-state index contributed by atoms with van der Waals surface area (Å²) < 4.78 is 5.83. The van der Waals surface area contributed by atoms with Crippen molar-refractivity contribution in [3.05, 3.63) is 34.9 Å². The molecule has 3 unspecified atom stereocenters. The molecule has 0 radical (unpaired) electrons. The van der Waals surface area contributed by atoms with Crippen molar-refractivity contribution in [3.63, 3.8) is 0 Å². The quantitative estimate of drug-likeness (QED) is 0.882. The second-order valence-electron chi connectivity index (χ2n) is 6.53. The topological polar surface area (TPSA) is 24.5 Å². The van der Waals surface area contributed by atoms with Crippen LogP contribution in [0.3, 0.4) is 0 Å². The Hall–Kier alpha value is -0.320. The standard InChI is InChI=1S/C18H27ClN2O.ClH/c1-2-15-11-14(7-10-22-15)13-21-9-8-20-12-18(21)16-5-3-4-6-17(16)19;/h3-6,14-15,18,20H,2,7-13H2,1H3;1H. The average molecular weight is 359 g/mol. The van der Waals surface area contributed by atoms with Gasteiger partial charge in [0.15, 0.2) is 0 Å². The van der Waals surface area contributed by atoms with Gasteiger partial charge in [-0.3, -0.25) is 4.90 Å². The van der Waals surface area contributed by atoms with Gasteiger partial charge in [0.1, 0.15) is 0 Å². The molecule has 1 N–H and O–H groups in total. The van der Waals surface area contributed by atoms with Gasteiger partial charge < -0.3 is 10.1 Å². The second-order valence-corrected chi connectivity index (χ2v) is 6.94. The van der Waals surface area contributed by atoms with E-state index in [1.165, 1.54) is 18.4 Å². The van der Waals surface area contributed by atoms with Gasteiger partial charge in [-0.25, -0.2) is 0 Å². The Kier molecular flexibility index (Phi) is 7.64. The molecule has 0 amide bonds. The molecule has 1 aromatic rings. The Morgan fingerprint density at radius 2 is 2.17 bits per heavy atom. The van der Waals surface area contributed by atoms with Crippen molar-refractivity contribution in [2.24, 2.45) is 5.92 Å². The normalized spacial score (nSPS) is 29.0. The minimum absolute atomic E-state index is 0. The fraction of sp³-hybridized carbons (Fsp3) is 0.667. The molecule has 0 bridgehead atoms. The van der Waals surface area contributed by atoms with Crippen LogP contribution in [-0.4, -0.2) is 43.8 Å². The van der Waals surface area contributed by atoms with E-state index < -0.39 is 0 Å². The summed E-state index contributed by atoms with van der Waals surface area (Å²) in [5.74, 6) is 0.752. The molecular formula is C18H28Cl2N2O. The van der Waals surface area contributed by atoms with Crippen molar-refractivity contribution in [2.75, 3.05) is 32.8 Å². The van der Waals surface area contributed by atoms with E-state index in [4.69, 9.17) is 16.3 Å². The molecule has 130 valence electrons. The van der Waals surface area contributed by atoms with Crippen LogP contribution in [0.4, 0.5) is 0 Å². The highest BCUT2D eigenvalue weighted by atomic mass is 35.5. The first-order valence-corrected chi connectivity index (χ1v) is 8.96. The average Bonchev–Trinajstić information content (AvgIpc) is 2.56. The number of piperazine rings is 1. The zero-order chi connectivity index (χ0) is 15.4. The molecular weight excluding hydrogens is 331 g/mol. The van der Waals surface area contributed by atoms with Crippen LogP contribution < -0.4 is 5.32 Å². The van der Waals surface area contributed by atoms with E-state index in [2.05, 4.69) is 29.3 Å². The smallest absolute Gasteiger partial charge is 0.0575 e.